The van der Waals surface area contributed by atoms with Crippen LogP contribution in [0.1, 0.15) is 5.69 Å². The number of rotatable bonds is 0. The average molecular weight is 204 g/mol. The summed E-state index contributed by atoms with van der Waals surface area (Å²) in [7, 11) is 5.69. The highest BCUT2D eigenvalue weighted by Crippen LogP contribution is 2.22. The molecule has 0 fully saturated rings. The lowest BCUT2D eigenvalue weighted by molar-refractivity contribution is 1.28. The van der Waals surface area contributed by atoms with Gasteiger partial charge in [0.2, 0.25) is 0 Å². The topological polar surface area (TPSA) is 65.4 Å². The number of nitriles is 1. The molecular formula is C11H5BN4. The van der Waals surface area contributed by atoms with Crippen LogP contribution in [0.3, 0.4) is 0 Å². The summed E-state index contributed by atoms with van der Waals surface area (Å²) in [5.74, 6) is 0. The Labute approximate surface area is 92.4 Å². The van der Waals surface area contributed by atoms with Crippen LogP contribution in [0.4, 0.5) is 0 Å². The normalized spacial score (nSPS) is 10.7. The first kappa shape index (κ1) is 8.92. The van der Waals surface area contributed by atoms with E-state index in [0.717, 1.165) is 21.9 Å². The molecule has 0 atom stereocenters. The second-order valence-corrected chi connectivity index (χ2v) is 3.52. The van der Waals surface area contributed by atoms with E-state index >= 15 is 0 Å². The first-order chi connectivity index (χ1) is 7.78. The van der Waals surface area contributed by atoms with Crippen molar-refractivity contribution < 1.29 is 0 Å². The zero-order valence-corrected chi connectivity index (χ0v) is 8.23. The third kappa shape index (κ3) is 1.17. The van der Waals surface area contributed by atoms with Crippen LogP contribution in [0.5, 0.6) is 0 Å². The first-order valence-corrected chi connectivity index (χ1v) is 4.71. The minimum Gasteiger partial charge on any atom is -0.338 e. The molecule has 3 aromatic rings. The van der Waals surface area contributed by atoms with Crippen LogP contribution in [0, 0.1) is 11.3 Å². The van der Waals surface area contributed by atoms with Crippen LogP contribution < -0.4 is 5.46 Å². The SMILES string of the molecule is [B]c1cnc2[nH]c3cnc(C#N)cc3c2c1. The van der Waals surface area contributed by atoms with Crippen molar-refractivity contribution in [2.75, 3.05) is 0 Å². The van der Waals surface area contributed by atoms with Crippen LogP contribution >= 0.6 is 0 Å². The van der Waals surface area contributed by atoms with Gasteiger partial charge in [-0.3, -0.25) is 0 Å². The highest BCUT2D eigenvalue weighted by atomic mass is 14.9. The lowest BCUT2D eigenvalue weighted by Crippen LogP contribution is -2.01. The zero-order valence-electron chi connectivity index (χ0n) is 8.23. The molecular weight excluding hydrogens is 199 g/mol. The molecule has 0 amide bonds. The summed E-state index contributed by atoms with van der Waals surface area (Å²) in [5, 5.41) is 10.6. The fourth-order valence-electron chi connectivity index (χ4n) is 1.75. The van der Waals surface area contributed by atoms with Gasteiger partial charge in [-0.25, -0.2) is 9.97 Å². The lowest BCUT2D eigenvalue weighted by atomic mass is 9.97. The molecule has 0 saturated carbocycles. The number of H-pyrrole nitrogens is 1. The standard InChI is InChI=1S/C11H5BN4/c12-6-1-9-8-2-7(3-13)14-5-10(8)16-11(9)15-4-6/h1-2,4-5H,(H,15,16). The highest BCUT2D eigenvalue weighted by Gasteiger charge is 2.06. The third-order valence-electron chi connectivity index (χ3n) is 2.47. The Hall–Kier alpha value is -2.35. The van der Waals surface area contributed by atoms with E-state index in [1.807, 2.05) is 12.1 Å². The van der Waals surface area contributed by atoms with Gasteiger partial charge in [-0.15, -0.1) is 0 Å². The molecule has 0 spiro atoms. The quantitative estimate of drug-likeness (QED) is 0.550. The second kappa shape index (κ2) is 3.07. The molecule has 3 heterocycles. The molecule has 0 bridgehead atoms. The fourth-order valence-corrected chi connectivity index (χ4v) is 1.75. The van der Waals surface area contributed by atoms with Gasteiger partial charge in [0.05, 0.1) is 11.7 Å². The van der Waals surface area contributed by atoms with Gasteiger partial charge in [-0.1, -0.05) is 11.5 Å². The van der Waals surface area contributed by atoms with E-state index in [1.54, 1.807) is 18.5 Å². The summed E-state index contributed by atoms with van der Waals surface area (Å²) < 4.78 is 0. The number of fused-ring (bicyclic) bond motifs is 3. The maximum absolute atomic E-state index is 8.80. The van der Waals surface area contributed by atoms with Crippen molar-refractivity contribution in [3.05, 3.63) is 30.2 Å². The predicted molar refractivity (Wildman–Crippen MR) is 61.5 cm³/mol. The summed E-state index contributed by atoms with van der Waals surface area (Å²) in [5.41, 5.74) is 2.59. The van der Waals surface area contributed by atoms with E-state index in [-0.39, 0.29) is 0 Å². The van der Waals surface area contributed by atoms with E-state index in [4.69, 9.17) is 13.1 Å². The van der Waals surface area contributed by atoms with Crippen LogP contribution in [-0.4, -0.2) is 22.8 Å². The van der Waals surface area contributed by atoms with Gasteiger partial charge >= 0.3 is 0 Å². The van der Waals surface area contributed by atoms with E-state index in [1.165, 1.54) is 0 Å². The molecule has 3 rings (SSSR count). The average Bonchev–Trinajstić information content (AvgIpc) is 2.66. The second-order valence-electron chi connectivity index (χ2n) is 3.52. The lowest BCUT2D eigenvalue weighted by Gasteiger charge is -1.93. The van der Waals surface area contributed by atoms with Gasteiger partial charge in [0.1, 0.15) is 25.3 Å². The van der Waals surface area contributed by atoms with Gasteiger partial charge in [-0.2, -0.15) is 5.26 Å². The molecule has 0 unspecified atom stereocenters. The Morgan fingerprint density at radius 3 is 2.88 bits per heavy atom. The fraction of sp³-hybridized carbons (Fsp3) is 0. The number of hydrogen-bond donors (Lipinski definition) is 1. The molecule has 0 aliphatic carbocycles. The van der Waals surface area contributed by atoms with Gasteiger partial charge in [-0.05, 0) is 6.07 Å². The van der Waals surface area contributed by atoms with Gasteiger partial charge in [0.15, 0.2) is 0 Å². The van der Waals surface area contributed by atoms with Gasteiger partial charge in [0, 0.05) is 17.0 Å². The minimum absolute atomic E-state index is 0.385. The van der Waals surface area contributed by atoms with E-state index in [2.05, 4.69) is 15.0 Å². The van der Waals surface area contributed by atoms with E-state index < -0.39 is 0 Å². The van der Waals surface area contributed by atoms with Crippen molar-refractivity contribution in [2.24, 2.45) is 0 Å². The largest absolute Gasteiger partial charge is 0.338 e. The molecule has 0 aromatic carbocycles. The maximum Gasteiger partial charge on any atom is 0.141 e. The van der Waals surface area contributed by atoms with Crippen molar-refractivity contribution in [3.8, 4) is 6.07 Å². The predicted octanol–water partition coefficient (Wildman–Crippen LogP) is 0.777. The number of nitrogens with zero attached hydrogens (tertiary/aromatic N) is 3. The Kier molecular flexibility index (Phi) is 1.71. The number of hydrogen-bond acceptors (Lipinski definition) is 3. The number of aromatic amines is 1. The number of nitrogens with one attached hydrogen (secondary N) is 1. The third-order valence-corrected chi connectivity index (χ3v) is 2.47. The van der Waals surface area contributed by atoms with Gasteiger partial charge in [0.25, 0.3) is 0 Å². The monoisotopic (exact) mass is 204 g/mol. The molecule has 0 aliphatic rings. The van der Waals surface area contributed by atoms with Crippen LogP contribution in [-0.2, 0) is 0 Å². The molecule has 4 nitrogen and oxygen atoms in total. The molecule has 0 saturated heterocycles. The van der Waals surface area contributed by atoms with E-state index in [0.29, 0.717) is 11.2 Å². The summed E-state index contributed by atoms with van der Waals surface area (Å²) >= 11 is 0. The smallest absolute Gasteiger partial charge is 0.141 e. The summed E-state index contributed by atoms with van der Waals surface area (Å²) in [4.78, 5) is 11.3. The van der Waals surface area contributed by atoms with Crippen LogP contribution in [0.15, 0.2) is 24.5 Å². The molecule has 16 heavy (non-hydrogen) atoms. The Morgan fingerprint density at radius 1 is 1.19 bits per heavy atom. The van der Waals surface area contributed by atoms with E-state index in [9.17, 15) is 0 Å². The minimum atomic E-state index is 0.385. The molecule has 2 radical (unpaired) electrons. The zero-order chi connectivity index (χ0) is 11.1. The molecule has 5 heteroatoms. The summed E-state index contributed by atoms with van der Waals surface area (Å²) in [6, 6.07) is 5.58. The van der Waals surface area contributed by atoms with Crippen molar-refractivity contribution in [3.63, 3.8) is 0 Å². The van der Waals surface area contributed by atoms with Gasteiger partial charge < -0.3 is 4.98 Å². The van der Waals surface area contributed by atoms with Crippen molar-refractivity contribution in [2.45, 2.75) is 0 Å². The summed E-state index contributed by atoms with van der Waals surface area (Å²) in [6.07, 6.45) is 3.22. The van der Waals surface area contributed by atoms with Crippen molar-refractivity contribution in [1.29, 1.82) is 5.26 Å². The van der Waals surface area contributed by atoms with Crippen molar-refractivity contribution >= 4 is 35.2 Å². The number of aromatic nitrogens is 3. The summed E-state index contributed by atoms with van der Waals surface area (Å²) in [6.45, 7) is 0. The first-order valence-electron chi connectivity index (χ1n) is 4.71. The highest BCUT2D eigenvalue weighted by molar-refractivity contribution is 6.33. The maximum atomic E-state index is 8.80. The Bertz CT molecular complexity index is 739. The number of pyridine rings is 2. The Balaban J connectivity index is 2.50. The molecule has 3 aromatic heterocycles. The van der Waals surface area contributed by atoms with Crippen molar-refractivity contribution in [1.82, 2.24) is 15.0 Å². The Morgan fingerprint density at radius 2 is 2.06 bits per heavy atom. The molecule has 72 valence electrons. The van der Waals surface area contributed by atoms with Crippen LogP contribution in [0.25, 0.3) is 21.9 Å². The molecule has 0 aliphatic heterocycles. The van der Waals surface area contributed by atoms with Crippen LogP contribution in [0.2, 0.25) is 0 Å². The molecule has 1 N–H and O–H groups in total.